The molecule has 0 bridgehead atoms. The van der Waals surface area contributed by atoms with Gasteiger partial charge in [-0.2, -0.15) is 0 Å². The minimum Gasteiger partial charge on any atom is -0.325 e. The molecule has 0 fully saturated rings. The van der Waals surface area contributed by atoms with E-state index in [1.807, 2.05) is 43.3 Å². The minimum atomic E-state index is -0.347. The fourth-order valence-electron chi connectivity index (χ4n) is 2.42. The van der Waals surface area contributed by atoms with Crippen LogP contribution in [0.15, 0.2) is 78.0 Å². The topological polar surface area (TPSA) is 83.1 Å². The van der Waals surface area contributed by atoms with Gasteiger partial charge in [-0.15, -0.1) is 11.8 Å². The van der Waals surface area contributed by atoms with Crippen molar-refractivity contribution in [1.29, 1.82) is 0 Å². The smallest absolute Gasteiger partial charge is 0.323 e. The number of amides is 3. The monoisotopic (exact) mass is 392 g/mol. The maximum Gasteiger partial charge on any atom is 0.323 e. The van der Waals surface area contributed by atoms with Gasteiger partial charge < -0.3 is 16.0 Å². The number of nitrogens with one attached hydrogen (secondary N) is 3. The van der Waals surface area contributed by atoms with E-state index in [4.69, 9.17) is 0 Å². The van der Waals surface area contributed by atoms with Crippen molar-refractivity contribution in [2.75, 3.05) is 21.7 Å². The highest BCUT2D eigenvalue weighted by atomic mass is 32.2. The van der Waals surface area contributed by atoms with E-state index >= 15 is 0 Å². The number of pyridine rings is 1. The maximum atomic E-state index is 12.3. The molecule has 0 radical (unpaired) electrons. The van der Waals surface area contributed by atoms with Crippen molar-refractivity contribution in [3.63, 3.8) is 0 Å². The molecule has 6 nitrogen and oxygen atoms in total. The van der Waals surface area contributed by atoms with Crippen LogP contribution in [-0.4, -0.2) is 22.7 Å². The van der Waals surface area contributed by atoms with E-state index in [0.29, 0.717) is 17.1 Å². The summed E-state index contributed by atoms with van der Waals surface area (Å²) in [6.45, 7) is 1.90. The number of para-hydroxylation sites is 1. The summed E-state index contributed by atoms with van der Waals surface area (Å²) in [7, 11) is 0. The fourth-order valence-corrected chi connectivity index (χ4v) is 3.10. The van der Waals surface area contributed by atoms with Gasteiger partial charge in [0.15, 0.2) is 0 Å². The van der Waals surface area contributed by atoms with Crippen molar-refractivity contribution in [2.24, 2.45) is 0 Å². The zero-order valence-electron chi connectivity index (χ0n) is 15.3. The molecule has 1 aromatic heterocycles. The minimum absolute atomic E-state index is 0.115. The summed E-state index contributed by atoms with van der Waals surface area (Å²) in [6, 6.07) is 17.9. The van der Waals surface area contributed by atoms with E-state index in [2.05, 4.69) is 20.9 Å². The first kappa shape index (κ1) is 19.4. The Bertz CT molecular complexity index is 949. The molecule has 7 heteroatoms. The van der Waals surface area contributed by atoms with Crippen molar-refractivity contribution in [3.8, 4) is 0 Å². The molecule has 0 aliphatic rings. The molecule has 28 heavy (non-hydrogen) atoms. The molecule has 3 N–H and O–H groups in total. The Morgan fingerprint density at radius 2 is 1.61 bits per heavy atom. The second-order valence-corrected chi connectivity index (χ2v) is 7.04. The standard InChI is InChI=1S/C21H20N4O2S/c1-15-7-8-17(24-21(27)23-16-5-3-2-4-6-16)13-19(15)25-20(26)14-28-18-9-11-22-12-10-18/h2-13H,14H2,1H3,(H,25,26)(H2,23,24,27). The molecular formula is C21H20N4O2S. The average Bonchev–Trinajstić information content (AvgIpc) is 2.70. The van der Waals surface area contributed by atoms with E-state index in [-0.39, 0.29) is 17.7 Å². The van der Waals surface area contributed by atoms with E-state index < -0.39 is 0 Å². The molecule has 1 heterocycles. The summed E-state index contributed by atoms with van der Waals surface area (Å²) < 4.78 is 0. The number of thioether (sulfide) groups is 1. The fraction of sp³-hybridized carbons (Fsp3) is 0.0952. The van der Waals surface area contributed by atoms with Gasteiger partial charge in [0.25, 0.3) is 0 Å². The van der Waals surface area contributed by atoms with Crippen molar-refractivity contribution in [1.82, 2.24) is 4.98 Å². The van der Waals surface area contributed by atoms with Crippen LogP contribution in [0, 0.1) is 6.92 Å². The van der Waals surface area contributed by atoms with Crippen molar-refractivity contribution in [3.05, 3.63) is 78.6 Å². The quantitative estimate of drug-likeness (QED) is 0.528. The number of carbonyl (C=O) groups is 2. The molecule has 0 aliphatic carbocycles. The first-order valence-corrected chi connectivity index (χ1v) is 9.65. The largest absolute Gasteiger partial charge is 0.325 e. The van der Waals surface area contributed by atoms with Gasteiger partial charge in [0.2, 0.25) is 5.91 Å². The Morgan fingerprint density at radius 1 is 0.893 bits per heavy atom. The molecule has 2 aromatic carbocycles. The van der Waals surface area contributed by atoms with Crippen LogP contribution < -0.4 is 16.0 Å². The Kier molecular flexibility index (Phi) is 6.64. The molecule has 142 valence electrons. The van der Waals surface area contributed by atoms with Crippen molar-refractivity contribution in [2.45, 2.75) is 11.8 Å². The molecule has 0 saturated heterocycles. The number of hydrogen-bond donors (Lipinski definition) is 3. The predicted octanol–water partition coefficient (Wildman–Crippen LogP) is 4.76. The predicted molar refractivity (Wildman–Crippen MR) is 114 cm³/mol. The molecule has 0 spiro atoms. The lowest BCUT2D eigenvalue weighted by atomic mass is 10.2. The van der Waals surface area contributed by atoms with Gasteiger partial charge in [-0.3, -0.25) is 9.78 Å². The third-order valence-electron chi connectivity index (χ3n) is 3.82. The number of rotatable bonds is 6. The highest BCUT2D eigenvalue weighted by Gasteiger charge is 2.09. The van der Waals surface area contributed by atoms with Gasteiger partial charge in [0.1, 0.15) is 0 Å². The second kappa shape index (κ2) is 9.57. The third-order valence-corrected chi connectivity index (χ3v) is 4.83. The van der Waals surface area contributed by atoms with Crippen molar-refractivity contribution >= 4 is 40.8 Å². The van der Waals surface area contributed by atoms with Gasteiger partial charge in [-0.1, -0.05) is 24.3 Å². The lowest BCUT2D eigenvalue weighted by molar-refractivity contribution is -0.113. The lowest BCUT2D eigenvalue weighted by Crippen LogP contribution is -2.20. The van der Waals surface area contributed by atoms with Crippen LogP contribution in [0.4, 0.5) is 21.9 Å². The number of hydrogen-bond acceptors (Lipinski definition) is 4. The SMILES string of the molecule is Cc1ccc(NC(=O)Nc2ccccc2)cc1NC(=O)CSc1ccncc1. The third kappa shape index (κ3) is 5.85. The summed E-state index contributed by atoms with van der Waals surface area (Å²) in [6.07, 6.45) is 3.39. The first-order valence-electron chi connectivity index (χ1n) is 8.66. The summed E-state index contributed by atoms with van der Waals surface area (Å²) in [5.74, 6) is 0.172. The molecule has 0 unspecified atom stereocenters. The van der Waals surface area contributed by atoms with Crippen LogP contribution in [0.5, 0.6) is 0 Å². The van der Waals surface area contributed by atoms with Gasteiger partial charge in [0.05, 0.1) is 5.75 Å². The highest BCUT2D eigenvalue weighted by Crippen LogP contribution is 2.22. The average molecular weight is 392 g/mol. The van der Waals surface area contributed by atoms with E-state index in [1.165, 1.54) is 11.8 Å². The van der Waals surface area contributed by atoms with Gasteiger partial charge in [-0.05, 0) is 48.9 Å². The molecular weight excluding hydrogens is 372 g/mol. The molecule has 0 atom stereocenters. The van der Waals surface area contributed by atoms with Gasteiger partial charge in [0, 0.05) is 34.4 Å². The normalized spacial score (nSPS) is 10.2. The van der Waals surface area contributed by atoms with Crippen LogP contribution in [-0.2, 0) is 4.79 Å². The summed E-state index contributed by atoms with van der Waals surface area (Å²) >= 11 is 1.44. The zero-order valence-corrected chi connectivity index (χ0v) is 16.1. The van der Waals surface area contributed by atoms with Gasteiger partial charge >= 0.3 is 6.03 Å². The van der Waals surface area contributed by atoms with Crippen LogP contribution in [0.3, 0.4) is 0 Å². The summed E-state index contributed by atoms with van der Waals surface area (Å²) in [5, 5.41) is 8.43. The Hall–Kier alpha value is -3.32. The molecule has 3 aromatic rings. The first-order chi connectivity index (χ1) is 13.6. The summed E-state index contributed by atoms with van der Waals surface area (Å²) in [4.78, 5) is 29.3. The van der Waals surface area contributed by atoms with E-state index in [1.54, 1.807) is 36.7 Å². The molecule has 0 aliphatic heterocycles. The van der Waals surface area contributed by atoms with E-state index in [0.717, 1.165) is 10.5 Å². The maximum absolute atomic E-state index is 12.3. The Labute approximate surface area is 167 Å². The lowest BCUT2D eigenvalue weighted by Gasteiger charge is -2.12. The molecule has 0 saturated carbocycles. The highest BCUT2D eigenvalue weighted by molar-refractivity contribution is 8.00. The number of carbonyl (C=O) groups excluding carboxylic acids is 2. The number of aromatic nitrogens is 1. The van der Waals surface area contributed by atoms with Crippen LogP contribution in [0.2, 0.25) is 0 Å². The molecule has 3 rings (SSSR count). The second-order valence-electron chi connectivity index (χ2n) is 5.99. The van der Waals surface area contributed by atoms with E-state index in [9.17, 15) is 9.59 Å². The van der Waals surface area contributed by atoms with Gasteiger partial charge in [-0.25, -0.2) is 4.79 Å². The zero-order chi connectivity index (χ0) is 19.8. The summed E-state index contributed by atoms with van der Waals surface area (Å²) in [5.41, 5.74) is 2.87. The Balaban J connectivity index is 1.58. The number of aryl methyl sites for hydroxylation is 1. The molecule has 3 amide bonds. The van der Waals surface area contributed by atoms with Crippen LogP contribution in [0.1, 0.15) is 5.56 Å². The number of benzene rings is 2. The van der Waals surface area contributed by atoms with Crippen LogP contribution in [0.25, 0.3) is 0 Å². The Morgan fingerprint density at radius 3 is 2.36 bits per heavy atom. The number of anilines is 3. The van der Waals surface area contributed by atoms with Crippen LogP contribution >= 0.6 is 11.8 Å². The number of nitrogens with zero attached hydrogens (tertiary/aromatic N) is 1. The van der Waals surface area contributed by atoms with Crippen molar-refractivity contribution < 1.29 is 9.59 Å². The number of urea groups is 1.